The van der Waals surface area contributed by atoms with Crippen LogP contribution in [0.1, 0.15) is 16.1 Å². The quantitative estimate of drug-likeness (QED) is 0.859. The van der Waals surface area contributed by atoms with Crippen LogP contribution in [0.15, 0.2) is 35.1 Å². The van der Waals surface area contributed by atoms with Crippen molar-refractivity contribution in [1.82, 2.24) is 15.1 Å². The van der Waals surface area contributed by atoms with Gasteiger partial charge in [0, 0.05) is 24.2 Å². The molecule has 7 nitrogen and oxygen atoms in total. The molecule has 0 spiro atoms. The number of aryl methyl sites for hydroxylation is 1. The molecule has 0 unspecified atom stereocenters. The van der Waals surface area contributed by atoms with Crippen LogP contribution in [0, 0.1) is 6.92 Å². The zero-order chi connectivity index (χ0) is 16.8. The minimum atomic E-state index is -0.275. The molecule has 1 heterocycles. The van der Waals surface area contributed by atoms with Gasteiger partial charge in [0.15, 0.2) is 0 Å². The third kappa shape index (κ3) is 4.32. The van der Waals surface area contributed by atoms with Gasteiger partial charge in [0.2, 0.25) is 0 Å². The van der Waals surface area contributed by atoms with Gasteiger partial charge in [-0.15, -0.1) is 0 Å². The largest absolute Gasteiger partial charge is 0.497 e. The number of rotatable bonds is 6. The van der Waals surface area contributed by atoms with E-state index in [1.165, 1.54) is 25.0 Å². The Balaban J connectivity index is 2.02. The van der Waals surface area contributed by atoms with Gasteiger partial charge in [-0.2, -0.15) is 5.10 Å². The van der Waals surface area contributed by atoms with E-state index in [1.54, 1.807) is 31.2 Å². The molecule has 23 heavy (non-hydrogen) atoms. The van der Waals surface area contributed by atoms with E-state index in [-0.39, 0.29) is 18.0 Å². The van der Waals surface area contributed by atoms with Gasteiger partial charge in [0.05, 0.1) is 26.5 Å². The summed E-state index contributed by atoms with van der Waals surface area (Å²) >= 11 is 0. The molecule has 0 atom stereocenters. The van der Waals surface area contributed by atoms with E-state index in [2.05, 4.69) is 10.4 Å². The van der Waals surface area contributed by atoms with Crippen molar-refractivity contribution in [1.29, 1.82) is 0 Å². The standard InChI is InChI=1S/C16H19N3O4/c1-11-4-5-15(20)19(18-11)7-6-17-16(21)12-8-13(22-2)10-14(9-12)23-3/h4-5,8-10H,6-7H2,1-3H3,(H,17,21). The molecule has 1 aromatic carbocycles. The molecular formula is C16H19N3O4. The van der Waals surface area contributed by atoms with Crippen molar-refractivity contribution >= 4 is 5.91 Å². The van der Waals surface area contributed by atoms with Gasteiger partial charge in [-0.3, -0.25) is 9.59 Å². The minimum absolute atomic E-state index is 0.201. The van der Waals surface area contributed by atoms with Crippen molar-refractivity contribution in [2.45, 2.75) is 13.5 Å². The summed E-state index contributed by atoms with van der Waals surface area (Å²) in [6, 6.07) is 8.04. The van der Waals surface area contributed by atoms with E-state index in [0.717, 1.165) is 5.69 Å². The molecule has 0 radical (unpaired) electrons. The topological polar surface area (TPSA) is 82.4 Å². The number of hydrogen-bond donors (Lipinski definition) is 1. The molecule has 0 aliphatic rings. The zero-order valence-corrected chi connectivity index (χ0v) is 13.3. The van der Waals surface area contributed by atoms with Crippen LogP contribution in [-0.2, 0) is 6.54 Å². The van der Waals surface area contributed by atoms with Crippen LogP contribution < -0.4 is 20.3 Å². The summed E-state index contributed by atoms with van der Waals surface area (Å²) in [4.78, 5) is 23.8. The second-order valence-corrected chi connectivity index (χ2v) is 4.89. The number of amides is 1. The number of hydrogen-bond acceptors (Lipinski definition) is 5. The highest BCUT2D eigenvalue weighted by atomic mass is 16.5. The lowest BCUT2D eigenvalue weighted by Crippen LogP contribution is -2.32. The summed E-state index contributed by atoms with van der Waals surface area (Å²) in [6.07, 6.45) is 0. The summed E-state index contributed by atoms with van der Waals surface area (Å²) in [6.45, 7) is 2.39. The smallest absolute Gasteiger partial charge is 0.266 e. The van der Waals surface area contributed by atoms with Crippen LogP contribution in [0.5, 0.6) is 11.5 Å². The molecule has 1 N–H and O–H groups in total. The lowest BCUT2D eigenvalue weighted by Gasteiger charge is -2.10. The predicted octanol–water partition coefficient (Wildman–Crippen LogP) is 0.999. The molecule has 122 valence electrons. The lowest BCUT2D eigenvalue weighted by molar-refractivity contribution is 0.0951. The first kappa shape index (κ1) is 16.5. The van der Waals surface area contributed by atoms with Gasteiger partial charge in [-0.1, -0.05) is 0 Å². The minimum Gasteiger partial charge on any atom is -0.497 e. The first-order valence-corrected chi connectivity index (χ1v) is 7.09. The third-order valence-corrected chi connectivity index (χ3v) is 3.22. The molecule has 0 bridgehead atoms. The first-order valence-electron chi connectivity index (χ1n) is 7.09. The number of ether oxygens (including phenoxy) is 2. The van der Waals surface area contributed by atoms with Gasteiger partial charge in [0.1, 0.15) is 11.5 Å². The Bertz CT molecular complexity index is 733. The average molecular weight is 317 g/mol. The second-order valence-electron chi connectivity index (χ2n) is 4.89. The van der Waals surface area contributed by atoms with Crippen LogP contribution in [0.4, 0.5) is 0 Å². The Kier molecular flexibility index (Phi) is 5.35. The van der Waals surface area contributed by atoms with Crippen LogP contribution in [0.25, 0.3) is 0 Å². The fraction of sp³-hybridized carbons (Fsp3) is 0.312. The molecule has 0 aliphatic heterocycles. The fourth-order valence-corrected chi connectivity index (χ4v) is 2.03. The molecular weight excluding hydrogens is 298 g/mol. The van der Waals surface area contributed by atoms with E-state index in [9.17, 15) is 9.59 Å². The van der Waals surface area contributed by atoms with Crippen molar-refractivity contribution in [2.75, 3.05) is 20.8 Å². The van der Waals surface area contributed by atoms with Crippen molar-refractivity contribution in [2.24, 2.45) is 0 Å². The van der Waals surface area contributed by atoms with E-state index in [1.807, 2.05) is 0 Å². The highest BCUT2D eigenvalue weighted by molar-refractivity contribution is 5.95. The SMILES string of the molecule is COc1cc(OC)cc(C(=O)NCCn2nc(C)ccc2=O)c1. The van der Waals surface area contributed by atoms with Crippen molar-refractivity contribution in [3.05, 3.63) is 51.9 Å². The van der Waals surface area contributed by atoms with E-state index >= 15 is 0 Å². The number of aromatic nitrogens is 2. The van der Waals surface area contributed by atoms with E-state index in [4.69, 9.17) is 9.47 Å². The number of carbonyl (C=O) groups is 1. The Labute approximate surface area is 133 Å². The zero-order valence-electron chi connectivity index (χ0n) is 13.3. The van der Waals surface area contributed by atoms with Crippen molar-refractivity contribution in [3.8, 4) is 11.5 Å². The van der Waals surface area contributed by atoms with Crippen LogP contribution in [-0.4, -0.2) is 36.5 Å². The third-order valence-electron chi connectivity index (χ3n) is 3.22. The van der Waals surface area contributed by atoms with Crippen LogP contribution in [0.2, 0.25) is 0 Å². The van der Waals surface area contributed by atoms with Crippen LogP contribution in [0.3, 0.4) is 0 Å². The van der Waals surface area contributed by atoms with Gasteiger partial charge >= 0.3 is 0 Å². The summed E-state index contributed by atoms with van der Waals surface area (Å²) < 4.78 is 11.6. The maximum Gasteiger partial charge on any atom is 0.266 e. The molecule has 0 aliphatic carbocycles. The number of carbonyl (C=O) groups excluding carboxylic acids is 1. The predicted molar refractivity (Wildman–Crippen MR) is 85.1 cm³/mol. The highest BCUT2D eigenvalue weighted by Gasteiger charge is 2.09. The number of benzene rings is 1. The molecule has 7 heteroatoms. The summed E-state index contributed by atoms with van der Waals surface area (Å²) in [5, 5.41) is 6.86. The van der Waals surface area contributed by atoms with E-state index in [0.29, 0.717) is 23.6 Å². The summed E-state index contributed by atoms with van der Waals surface area (Å²) in [7, 11) is 3.04. The Hall–Kier alpha value is -2.83. The molecule has 2 rings (SSSR count). The van der Waals surface area contributed by atoms with Gasteiger partial charge in [0.25, 0.3) is 11.5 Å². The monoisotopic (exact) mass is 317 g/mol. The molecule has 1 aromatic heterocycles. The molecule has 2 aromatic rings. The molecule has 0 fully saturated rings. The van der Waals surface area contributed by atoms with Crippen LogP contribution >= 0.6 is 0 Å². The Morgan fingerprint density at radius 3 is 2.43 bits per heavy atom. The second kappa shape index (κ2) is 7.44. The lowest BCUT2D eigenvalue weighted by atomic mass is 10.2. The highest BCUT2D eigenvalue weighted by Crippen LogP contribution is 2.22. The maximum absolute atomic E-state index is 12.2. The first-order chi connectivity index (χ1) is 11.0. The summed E-state index contributed by atoms with van der Waals surface area (Å²) in [5.41, 5.74) is 0.965. The van der Waals surface area contributed by atoms with Gasteiger partial charge in [-0.05, 0) is 25.1 Å². The van der Waals surface area contributed by atoms with Crippen molar-refractivity contribution in [3.63, 3.8) is 0 Å². The van der Waals surface area contributed by atoms with E-state index < -0.39 is 0 Å². The van der Waals surface area contributed by atoms with Crippen molar-refractivity contribution < 1.29 is 14.3 Å². The Morgan fingerprint density at radius 2 is 1.83 bits per heavy atom. The summed E-state index contributed by atoms with van der Waals surface area (Å²) in [5.74, 6) is 0.792. The molecule has 0 saturated carbocycles. The van der Waals surface area contributed by atoms with Gasteiger partial charge in [-0.25, -0.2) is 4.68 Å². The number of nitrogens with zero attached hydrogens (tertiary/aromatic N) is 2. The molecule has 0 saturated heterocycles. The van der Waals surface area contributed by atoms with Gasteiger partial charge < -0.3 is 14.8 Å². The maximum atomic E-state index is 12.2. The Morgan fingerprint density at radius 1 is 1.17 bits per heavy atom. The number of methoxy groups -OCH3 is 2. The molecule has 1 amide bonds. The fourth-order valence-electron chi connectivity index (χ4n) is 2.03. The number of nitrogens with one attached hydrogen (secondary N) is 1. The average Bonchev–Trinajstić information content (AvgIpc) is 2.57. The normalized spacial score (nSPS) is 10.2.